The van der Waals surface area contributed by atoms with Crippen molar-refractivity contribution in [2.75, 3.05) is 19.5 Å². The Hall–Kier alpha value is -1.75. The van der Waals surface area contributed by atoms with Crippen molar-refractivity contribution in [1.82, 2.24) is 4.57 Å². The summed E-state index contributed by atoms with van der Waals surface area (Å²) in [5.41, 5.74) is 7.42. The molecule has 2 N–H and O–H groups in total. The second-order valence-corrected chi connectivity index (χ2v) is 3.24. The van der Waals surface area contributed by atoms with Crippen LogP contribution < -0.4 is 11.5 Å². The number of nitrogen functional groups attached to an aromatic ring is 1. The van der Waals surface area contributed by atoms with E-state index in [2.05, 4.69) is 0 Å². The van der Waals surface area contributed by atoms with E-state index in [0.717, 1.165) is 5.52 Å². The number of hydrogen-bond acceptors (Lipinski definition) is 4. The average Bonchev–Trinajstić information content (AvgIpc) is 2.50. The molecule has 0 aliphatic rings. The Bertz CT molecular complexity index is 527. The largest absolute Gasteiger partial charge is 0.420 e. The number of hydrogen-bond donors (Lipinski definition) is 1. The zero-order chi connectivity index (χ0) is 10.8. The quantitative estimate of drug-likeness (QED) is 0.758. The van der Waals surface area contributed by atoms with Crippen molar-refractivity contribution in [3.8, 4) is 0 Å². The number of methoxy groups -OCH3 is 1. The summed E-state index contributed by atoms with van der Waals surface area (Å²) in [6, 6.07) is 5.14. The van der Waals surface area contributed by atoms with E-state index in [1.165, 1.54) is 4.57 Å². The molecule has 5 heteroatoms. The Labute approximate surface area is 86.0 Å². The van der Waals surface area contributed by atoms with Gasteiger partial charge in [0.1, 0.15) is 0 Å². The molecule has 0 saturated heterocycles. The first-order valence-electron chi connectivity index (χ1n) is 4.60. The van der Waals surface area contributed by atoms with Crippen molar-refractivity contribution in [2.45, 2.75) is 6.54 Å². The number of fused-ring (bicyclic) bond motifs is 1. The third kappa shape index (κ3) is 1.73. The number of benzene rings is 1. The number of oxazole rings is 1. The van der Waals surface area contributed by atoms with Gasteiger partial charge in [0, 0.05) is 18.9 Å². The highest BCUT2D eigenvalue weighted by atomic mass is 16.5. The minimum atomic E-state index is -0.382. The molecule has 0 saturated carbocycles. The van der Waals surface area contributed by atoms with E-state index in [1.807, 2.05) is 0 Å². The first-order chi connectivity index (χ1) is 7.22. The van der Waals surface area contributed by atoms with Gasteiger partial charge in [-0.25, -0.2) is 4.79 Å². The molecule has 0 fully saturated rings. The minimum Gasteiger partial charge on any atom is -0.408 e. The summed E-state index contributed by atoms with van der Waals surface area (Å²) in [7, 11) is 1.59. The summed E-state index contributed by atoms with van der Waals surface area (Å²) < 4.78 is 11.5. The van der Waals surface area contributed by atoms with Crippen LogP contribution in [0.1, 0.15) is 0 Å². The molecule has 0 aliphatic carbocycles. The zero-order valence-electron chi connectivity index (χ0n) is 8.40. The van der Waals surface area contributed by atoms with Crippen molar-refractivity contribution in [2.24, 2.45) is 0 Å². The summed E-state index contributed by atoms with van der Waals surface area (Å²) in [5.74, 6) is -0.382. The Morgan fingerprint density at radius 3 is 3.07 bits per heavy atom. The molecule has 1 heterocycles. The maximum atomic E-state index is 11.5. The summed E-state index contributed by atoms with van der Waals surface area (Å²) in [6.45, 7) is 0.950. The molecule has 0 atom stereocenters. The van der Waals surface area contributed by atoms with Gasteiger partial charge in [-0.15, -0.1) is 0 Å². The van der Waals surface area contributed by atoms with E-state index >= 15 is 0 Å². The maximum Gasteiger partial charge on any atom is 0.420 e. The summed E-state index contributed by atoms with van der Waals surface area (Å²) in [5, 5.41) is 0. The van der Waals surface area contributed by atoms with Gasteiger partial charge in [-0.3, -0.25) is 4.57 Å². The summed E-state index contributed by atoms with van der Waals surface area (Å²) in [6.07, 6.45) is 0. The topological polar surface area (TPSA) is 70.4 Å². The molecular weight excluding hydrogens is 196 g/mol. The van der Waals surface area contributed by atoms with Crippen LogP contribution >= 0.6 is 0 Å². The van der Waals surface area contributed by atoms with E-state index < -0.39 is 0 Å². The Morgan fingerprint density at radius 2 is 2.33 bits per heavy atom. The molecule has 15 heavy (non-hydrogen) atoms. The van der Waals surface area contributed by atoms with Gasteiger partial charge in [0.05, 0.1) is 18.7 Å². The van der Waals surface area contributed by atoms with Crippen molar-refractivity contribution in [3.05, 3.63) is 28.7 Å². The predicted molar refractivity (Wildman–Crippen MR) is 56.8 cm³/mol. The second kappa shape index (κ2) is 3.78. The van der Waals surface area contributed by atoms with Crippen LogP contribution in [0.25, 0.3) is 11.1 Å². The van der Waals surface area contributed by atoms with Crippen LogP contribution in [0.15, 0.2) is 27.4 Å². The molecule has 0 unspecified atom stereocenters. The van der Waals surface area contributed by atoms with Crippen molar-refractivity contribution >= 4 is 16.8 Å². The number of nitrogens with zero attached hydrogens (tertiary/aromatic N) is 1. The number of rotatable bonds is 3. The highest BCUT2D eigenvalue weighted by Gasteiger charge is 2.08. The Balaban J connectivity index is 2.53. The second-order valence-electron chi connectivity index (χ2n) is 3.24. The smallest absolute Gasteiger partial charge is 0.408 e. The lowest BCUT2D eigenvalue weighted by Crippen LogP contribution is -2.16. The van der Waals surface area contributed by atoms with Gasteiger partial charge in [-0.2, -0.15) is 0 Å². The van der Waals surface area contributed by atoms with Gasteiger partial charge in [-0.1, -0.05) is 0 Å². The predicted octanol–water partition coefficient (Wildman–Crippen LogP) is 0.823. The van der Waals surface area contributed by atoms with Crippen molar-refractivity contribution in [1.29, 1.82) is 0 Å². The van der Waals surface area contributed by atoms with Gasteiger partial charge >= 0.3 is 5.76 Å². The Kier molecular flexibility index (Phi) is 2.47. The molecule has 0 spiro atoms. The van der Waals surface area contributed by atoms with Crippen LogP contribution in [0, 0.1) is 0 Å². The van der Waals surface area contributed by atoms with Gasteiger partial charge in [0.25, 0.3) is 0 Å². The van der Waals surface area contributed by atoms with E-state index in [1.54, 1.807) is 25.3 Å². The van der Waals surface area contributed by atoms with Crippen LogP contribution in [-0.2, 0) is 11.3 Å². The summed E-state index contributed by atoms with van der Waals surface area (Å²) >= 11 is 0. The molecule has 0 bridgehead atoms. The number of anilines is 1. The SMILES string of the molecule is COCCn1c(=O)oc2cc(N)ccc21. The zero-order valence-corrected chi connectivity index (χ0v) is 8.40. The molecule has 5 nitrogen and oxygen atoms in total. The third-order valence-electron chi connectivity index (χ3n) is 2.21. The monoisotopic (exact) mass is 208 g/mol. The molecule has 2 rings (SSSR count). The lowest BCUT2D eigenvalue weighted by Gasteiger charge is -2.00. The molecule has 2 aromatic rings. The highest BCUT2D eigenvalue weighted by Crippen LogP contribution is 2.15. The summed E-state index contributed by atoms with van der Waals surface area (Å²) in [4.78, 5) is 11.5. The number of nitrogens with two attached hydrogens (primary N) is 1. The lowest BCUT2D eigenvalue weighted by atomic mass is 10.3. The van der Waals surface area contributed by atoms with Crippen LogP contribution in [0.3, 0.4) is 0 Å². The third-order valence-corrected chi connectivity index (χ3v) is 2.21. The first kappa shape index (κ1) is 9.79. The Morgan fingerprint density at radius 1 is 1.53 bits per heavy atom. The van der Waals surface area contributed by atoms with Crippen LogP contribution in [-0.4, -0.2) is 18.3 Å². The lowest BCUT2D eigenvalue weighted by molar-refractivity contribution is 0.186. The molecule has 0 aliphatic heterocycles. The fourth-order valence-electron chi connectivity index (χ4n) is 1.48. The molecule has 0 radical (unpaired) electrons. The average molecular weight is 208 g/mol. The fraction of sp³-hybridized carbons (Fsp3) is 0.300. The molecule has 80 valence electrons. The number of aromatic nitrogens is 1. The highest BCUT2D eigenvalue weighted by molar-refractivity contribution is 5.76. The van der Waals surface area contributed by atoms with Gasteiger partial charge in [0.2, 0.25) is 0 Å². The van der Waals surface area contributed by atoms with Crippen LogP contribution in [0.2, 0.25) is 0 Å². The molecular formula is C10H12N2O3. The van der Waals surface area contributed by atoms with E-state index in [9.17, 15) is 4.79 Å². The van der Waals surface area contributed by atoms with Gasteiger partial charge < -0.3 is 14.9 Å². The van der Waals surface area contributed by atoms with Gasteiger partial charge in [0.15, 0.2) is 5.58 Å². The van der Waals surface area contributed by atoms with Crippen LogP contribution in [0.4, 0.5) is 5.69 Å². The van der Waals surface area contributed by atoms with Crippen molar-refractivity contribution < 1.29 is 9.15 Å². The first-order valence-corrected chi connectivity index (χ1v) is 4.60. The standard InChI is InChI=1S/C10H12N2O3/c1-14-5-4-12-8-3-2-7(11)6-9(8)15-10(12)13/h2-3,6H,4-5,11H2,1H3. The van der Waals surface area contributed by atoms with Crippen molar-refractivity contribution in [3.63, 3.8) is 0 Å². The van der Waals surface area contributed by atoms with E-state index in [0.29, 0.717) is 24.4 Å². The molecule has 0 amide bonds. The van der Waals surface area contributed by atoms with E-state index in [-0.39, 0.29) is 5.76 Å². The van der Waals surface area contributed by atoms with E-state index in [4.69, 9.17) is 14.9 Å². The minimum absolute atomic E-state index is 0.382. The maximum absolute atomic E-state index is 11.5. The van der Waals surface area contributed by atoms with Gasteiger partial charge in [-0.05, 0) is 12.1 Å². The molecule has 1 aromatic heterocycles. The van der Waals surface area contributed by atoms with Crippen LogP contribution in [0.5, 0.6) is 0 Å². The molecule has 1 aromatic carbocycles. The normalized spacial score (nSPS) is 11.0. The number of ether oxygens (including phenoxy) is 1. The fourth-order valence-corrected chi connectivity index (χ4v) is 1.48.